The Morgan fingerprint density at radius 1 is 1.23 bits per heavy atom. The van der Waals surface area contributed by atoms with Gasteiger partial charge in [-0.25, -0.2) is 0 Å². The summed E-state index contributed by atoms with van der Waals surface area (Å²) < 4.78 is 10.1. The molecular formula is C16H26O6. The molecule has 1 rings (SSSR count). The highest BCUT2D eigenvalue weighted by molar-refractivity contribution is 6.01. The molecule has 0 bridgehead atoms. The highest BCUT2D eigenvalue weighted by Gasteiger charge is 2.57. The smallest absolute Gasteiger partial charge is 0.316 e. The van der Waals surface area contributed by atoms with Gasteiger partial charge in [0.2, 0.25) is 0 Å². The minimum absolute atomic E-state index is 0.161. The van der Waals surface area contributed by atoms with Crippen LogP contribution in [0.2, 0.25) is 0 Å². The van der Waals surface area contributed by atoms with E-state index in [0.717, 1.165) is 0 Å². The lowest BCUT2D eigenvalue weighted by molar-refractivity contribution is -0.180. The molecule has 0 radical (unpaired) electrons. The quantitative estimate of drug-likeness (QED) is 0.608. The van der Waals surface area contributed by atoms with Crippen LogP contribution in [0.15, 0.2) is 0 Å². The molecule has 0 aromatic rings. The summed E-state index contributed by atoms with van der Waals surface area (Å²) in [5, 5.41) is 10.6. The van der Waals surface area contributed by atoms with Gasteiger partial charge in [0.15, 0.2) is 0 Å². The van der Waals surface area contributed by atoms with Crippen molar-refractivity contribution in [2.75, 3.05) is 13.2 Å². The summed E-state index contributed by atoms with van der Waals surface area (Å²) in [6, 6.07) is 0. The molecule has 0 aromatic carbocycles. The minimum Gasteiger partial charge on any atom is -0.466 e. The largest absolute Gasteiger partial charge is 0.466 e. The van der Waals surface area contributed by atoms with Crippen LogP contribution in [0.3, 0.4) is 0 Å². The lowest BCUT2D eigenvalue weighted by Crippen LogP contribution is -2.57. The van der Waals surface area contributed by atoms with E-state index in [9.17, 15) is 19.5 Å². The highest BCUT2D eigenvalue weighted by Crippen LogP contribution is 2.44. The number of aliphatic hydroxyl groups is 1. The number of carbonyl (C=O) groups excluding carboxylic acids is 3. The number of ether oxygens (including phenoxy) is 2. The van der Waals surface area contributed by atoms with E-state index in [1.54, 1.807) is 13.8 Å². The van der Waals surface area contributed by atoms with E-state index in [1.807, 2.05) is 13.8 Å². The van der Waals surface area contributed by atoms with Gasteiger partial charge in [-0.3, -0.25) is 14.4 Å². The standard InChI is InChI=1S/C16H26O6/c1-6-21-14(18)12-10(17)8-16(5,20)13(11(12)9(3)4)15(19)22-7-2/h9,11-13,20H,6-8H2,1-5H3. The van der Waals surface area contributed by atoms with Gasteiger partial charge < -0.3 is 14.6 Å². The zero-order valence-corrected chi connectivity index (χ0v) is 13.9. The van der Waals surface area contributed by atoms with E-state index in [4.69, 9.17) is 9.47 Å². The molecule has 6 nitrogen and oxygen atoms in total. The van der Waals surface area contributed by atoms with Gasteiger partial charge >= 0.3 is 11.9 Å². The van der Waals surface area contributed by atoms with Crippen LogP contribution < -0.4 is 0 Å². The van der Waals surface area contributed by atoms with E-state index < -0.39 is 35.3 Å². The Bertz CT molecular complexity index is 440. The third-order valence-corrected chi connectivity index (χ3v) is 4.17. The molecule has 0 saturated heterocycles. The monoisotopic (exact) mass is 314 g/mol. The summed E-state index contributed by atoms with van der Waals surface area (Å²) in [5.41, 5.74) is -1.53. The molecule has 1 N–H and O–H groups in total. The maximum absolute atomic E-state index is 12.4. The molecule has 0 heterocycles. The maximum atomic E-state index is 12.4. The van der Waals surface area contributed by atoms with Crippen molar-refractivity contribution in [1.29, 1.82) is 0 Å². The number of hydrogen-bond donors (Lipinski definition) is 1. The Morgan fingerprint density at radius 2 is 1.73 bits per heavy atom. The van der Waals surface area contributed by atoms with E-state index in [2.05, 4.69) is 0 Å². The third kappa shape index (κ3) is 3.66. The lowest BCUT2D eigenvalue weighted by atomic mass is 9.60. The molecule has 22 heavy (non-hydrogen) atoms. The van der Waals surface area contributed by atoms with Crippen LogP contribution in [-0.4, -0.2) is 41.6 Å². The summed E-state index contributed by atoms with van der Waals surface area (Å²) in [5.74, 6) is -4.37. The number of ketones is 1. The van der Waals surface area contributed by atoms with Crippen LogP contribution in [0, 0.1) is 23.7 Å². The molecule has 0 amide bonds. The number of hydrogen-bond acceptors (Lipinski definition) is 6. The van der Waals surface area contributed by atoms with Gasteiger partial charge in [0.25, 0.3) is 0 Å². The fourth-order valence-electron chi connectivity index (χ4n) is 3.33. The number of rotatable bonds is 5. The number of Topliss-reactive ketones (excluding diaryl/α,β-unsaturated/α-hetero) is 1. The first-order valence-corrected chi connectivity index (χ1v) is 7.75. The van der Waals surface area contributed by atoms with Crippen molar-refractivity contribution >= 4 is 17.7 Å². The predicted molar refractivity (Wildman–Crippen MR) is 78.8 cm³/mol. The number of esters is 2. The molecule has 1 aliphatic carbocycles. The Hall–Kier alpha value is -1.43. The second-order valence-electron chi connectivity index (χ2n) is 6.28. The van der Waals surface area contributed by atoms with Crippen LogP contribution in [0.5, 0.6) is 0 Å². The van der Waals surface area contributed by atoms with Crippen molar-refractivity contribution in [3.05, 3.63) is 0 Å². The highest BCUT2D eigenvalue weighted by atomic mass is 16.5. The van der Waals surface area contributed by atoms with Gasteiger partial charge in [-0.2, -0.15) is 0 Å². The zero-order chi connectivity index (χ0) is 17.1. The van der Waals surface area contributed by atoms with Crippen molar-refractivity contribution in [2.45, 2.75) is 46.6 Å². The minimum atomic E-state index is -1.53. The summed E-state index contributed by atoms with van der Waals surface area (Å²) in [6.45, 7) is 8.75. The van der Waals surface area contributed by atoms with Crippen LogP contribution in [0.1, 0.15) is 41.0 Å². The van der Waals surface area contributed by atoms with E-state index >= 15 is 0 Å². The topological polar surface area (TPSA) is 89.9 Å². The molecule has 126 valence electrons. The summed E-state index contributed by atoms with van der Waals surface area (Å²) in [7, 11) is 0. The first-order valence-electron chi connectivity index (χ1n) is 7.75. The predicted octanol–water partition coefficient (Wildman–Crippen LogP) is 1.34. The van der Waals surface area contributed by atoms with E-state index in [0.29, 0.717) is 0 Å². The average Bonchev–Trinajstić information content (AvgIpc) is 2.36. The molecular weight excluding hydrogens is 288 g/mol. The molecule has 0 spiro atoms. The first-order chi connectivity index (χ1) is 10.2. The second-order valence-corrected chi connectivity index (χ2v) is 6.28. The SMILES string of the molecule is CCOC(=O)C1C(=O)CC(C)(O)C(C(=O)OCC)C1C(C)C. The van der Waals surface area contributed by atoms with Gasteiger partial charge in [0, 0.05) is 6.42 Å². The fourth-order valence-corrected chi connectivity index (χ4v) is 3.33. The third-order valence-electron chi connectivity index (χ3n) is 4.17. The fraction of sp³-hybridized carbons (Fsp3) is 0.812. The first kappa shape index (κ1) is 18.6. The summed E-state index contributed by atoms with van der Waals surface area (Å²) in [6.07, 6.45) is -0.261. The van der Waals surface area contributed by atoms with Gasteiger partial charge in [-0.15, -0.1) is 0 Å². The van der Waals surface area contributed by atoms with Crippen LogP contribution in [0.4, 0.5) is 0 Å². The molecule has 4 unspecified atom stereocenters. The lowest BCUT2D eigenvalue weighted by Gasteiger charge is -2.45. The molecule has 0 aromatic heterocycles. The Balaban J connectivity index is 3.27. The van der Waals surface area contributed by atoms with Gasteiger partial charge in [0.05, 0.1) is 24.7 Å². The van der Waals surface area contributed by atoms with Crippen LogP contribution in [-0.2, 0) is 23.9 Å². The molecule has 4 atom stereocenters. The summed E-state index contributed by atoms with van der Waals surface area (Å²) >= 11 is 0. The second kappa shape index (κ2) is 7.22. The number of carbonyl (C=O) groups is 3. The Labute approximate surface area is 131 Å². The maximum Gasteiger partial charge on any atom is 0.316 e. The van der Waals surface area contributed by atoms with E-state index in [-0.39, 0.29) is 31.3 Å². The molecule has 1 aliphatic rings. The molecule has 1 fully saturated rings. The van der Waals surface area contributed by atoms with Gasteiger partial charge in [-0.05, 0) is 32.6 Å². The van der Waals surface area contributed by atoms with Crippen molar-refractivity contribution < 1.29 is 29.0 Å². The van der Waals surface area contributed by atoms with Crippen molar-refractivity contribution in [3.63, 3.8) is 0 Å². The van der Waals surface area contributed by atoms with E-state index in [1.165, 1.54) is 6.92 Å². The van der Waals surface area contributed by atoms with Crippen molar-refractivity contribution in [2.24, 2.45) is 23.7 Å². The van der Waals surface area contributed by atoms with Gasteiger partial charge in [0.1, 0.15) is 11.7 Å². The van der Waals surface area contributed by atoms with Crippen molar-refractivity contribution in [1.82, 2.24) is 0 Å². The van der Waals surface area contributed by atoms with Gasteiger partial charge in [-0.1, -0.05) is 13.8 Å². The van der Waals surface area contributed by atoms with Crippen molar-refractivity contribution in [3.8, 4) is 0 Å². The molecule has 1 saturated carbocycles. The Morgan fingerprint density at radius 3 is 2.18 bits per heavy atom. The Kier molecular flexibility index (Phi) is 6.11. The normalized spacial score (nSPS) is 32.0. The average molecular weight is 314 g/mol. The summed E-state index contributed by atoms with van der Waals surface area (Å²) in [4.78, 5) is 36.9. The molecule has 0 aliphatic heterocycles. The van der Waals surface area contributed by atoms with Crippen LogP contribution >= 0.6 is 0 Å². The molecule has 6 heteroatoms. The van der Waals surface area contributed by atoms with Crippen LogP contribution in [0.25, 0.3) is 0 Å². The zero-order valence-electron chi connectivity index (χ0n) is 13.9.